The van der Waals surface area contributed by atoms with Gasteiger partial charge < -0.3 is 31.5 Å². The maximum absolute atomic E-state index is 11.7. The normalized spacial score (nSPS) is 10.6. The zero-order valence-electron chi connectivity index (χ0n) is 28.2. The third-order valence-corrected chi connectivity index (χ3v) is 7.94. The third-order valence-electron chi connectivity index (χ3n) is 7.94. The first-order valence-corrected chi connectivity index (χ1v) is 16.6. The summed E-state index contributed by atoms with van der Waals surface area (Å²) in [5.74, 6) is -1.63. The number of ether oxygens (including phenoxy) is 1. The molecule has 6 rings (SSSR count). The van der Waals surface area contributed by atoms with E-state index in [1.165, 1.54) is 12.1 Å². The van der Waals surface area contributed by atoms with Gasteiger partial charge in [-0.2, -0.15) is 27.1 Å². The van der Waals surface area contributed by atoms with E-state index in [0.717, 1.165) is 27.6 Å². The van der Waals surface area contributed by atoms with Gasteiger partial charge in [-0.3, -0.25) is 0 Å². The summed E-state index contributed by atoms with van der Waals surface area (Å²) >= 11 is -1.50. The number of aromatic hydroxyl groups is 2. The molecule has 54 heavy (non-hydrogen) atoms. The summed E-state index contributed by atoms with van der Waals surface area (Å²) in [5.41, 5.74) is 17.4. The van der Waals surface area contributed by atoms with Crippen molar-refractivity contribution in [1.82, 2.24) is 0 Å². The van der Waals surface area contributed by atoms with E-state index in [2.05, 4.69) is 20.5 Å². The molecule has 0 amide bonds. The summed E-state index contributed by atoms with van der Waals surface area (Å²) in [5, 5.41) is 50.3. The maximum atomic E-state index is 11.7. The molecule has 0 aliphatic rings. The van der Waals surface area contributed by atoms with Gasteiger partial charge in [0, 0.05) is 16.5 Å². The quantitative estimate of drug-likeness (QED) is 0.0591. The molecule has 0 saturated carbocycles. The standard InChI is InChI=1S/C37H28N6O5.2O2S/c1-4-48-31-18-25(37(46)47)34(39)33-24(31)11-15-30(36(33)45)43-41-28-13-10-23(17-20(28)3)22-9-12-27(19(2)16-22)40-42-29-14-8-21-6-5-7-26(38)32(21)35(29)44;2*1-3-2/h1,5-18,44-45H,38-39H2,2-3H3,(H,46,47);;. The molecule has 6 aromatic carbocycles. The number of terminal acetylenes is 1. The molecule has 7 N–H and O–H groups in total. The number of carboxylic acid groups (broad SMARTS) is 1. The van der Waals surface area contributed by atoms with Gasteiger partial charge in [0.2, 0.25) is 0 Å². The van der Waals surface area contributed by atoms with Crippen LogP contribution in [0.25, 0.3) is 32.7 Å². The van der Waals surface area contributed by atoms with Crippen LogP contribution in [-0.2, 0) is 23.1 Å². The number of hydrogen-bond donors (Lipinski definition) is 5. The summed E-state index contributed by atoms with van der Waals surface area (Å²) in [4.78, 5) is 11.7. The zero-order chi connectivity index (χ0) is 39.5. The van der Waals surface area contributed by atoms with E-state index in [1.54, 1.807) is 24.3 Å². The molecule has 0 heterocycles. The lowest BCUT2D eigenvalue weighted by Crippen LogP contribution is -2.04. The number of rotatable bonds is 7. The second-order valence-corrected chi connectivity index (χ2v) is 11.4. The summed E-state index contributed by atoms with van der Waals surface area (Å²) in [7, 11) is 0. The van der Waals surface area contributed by atoms with Gasteiger partial charge in [0.15, 0.2) is 11.5 Å². The Hall–Kier alpha value is -7.29. The Morgan fingerprint density at radius 2 is 1.19 bits per heavy atom. The number of azo groups is 2. The minimum Gasteiger partial charge on any atom is -0.505 e. The van der Waals surface area contributed by atoms with E-state index >= 15 is 0 Å². The van der Waals surface area contributed by atoms with Crippen LogP contribution >= 0.6 is 0 Å². The Labute approximate surface area is 313 Å². The Bertz CT molecular complexity index is 2600. The molecule has 272 valence electrons. The van der Waals surface area contributed by atoms with Crippen LogP contribution in [0.3, 0.4) is 0 Å². The first-order chi connectivity index (χ1) is 25.9. The molecule has 0 aliphatic carbocycles. The van der Waals surface area contributed by atoms with Crippen LogP contribution in [-0.4, -0.2) is 38.1 Å². The van der Waals surface area contributed by atoms with Crippen LogP contribution in [0.1, 0.15) is 21.5 Å². The van der Waals surface area contributed by atoms with Gasteiger partial charge in [-0.1, -0.05) is 36.8 Å². The van der Waals surface area contributed by atoms with E-state index in [1.807, 2.05) is 68.5 Å². The minimum atomic E-state index is -1.31. The molecule has 0 atom stereocenters. The van der Waals surface area contributed by atoms with Gasteiger partial charge in [0.05, 0.1) is 28.0 Å². The largest absolute Gasteiger partial charge is 0.505 e. The average Bonchev–Trinajstić information content (AvgIpc) is 3.13. The predicted molar refractivity (Wildman–Crippen MR) is 204 cm³/mol. The molecule has 17 heteroatoms. The molecule has 0 fully saturated rings. The minimum absolute atomic E-state index is 0.0209. The monoisotopic (exact) mass is 764 g/mol. The molecule has 0 aromatic heterocycles. The van der Waals surface area contributed by atoms with Crippen molar-refractivity contribution in [2.45, 2.75) is 13.8 Å². The fourth-order valence-electron chi connectivity index (χ4n) is 5.45. The Morgan fingerprint density at radius 3 is 1.69 bits per heavy atom. The van der Waals surface area contributed by atoms with Crippen molar-refractivity contribution in [3.63, 3.8) is 0 Å². The molecule has 15 nitrogen and oxygen atoms in total. The number of carboxylic acids is 1. The average molecular weight is 765 g/mol. The van der Waals surface area contributed by atoms with Crippen molar-refractivity contribution in [3.05, 3.63) is 102 Å². The maximum Gasteiger partial charge on any atom is 0.337 e. The van der Waals surface area contributed by atoms with Crippen LogP contribution in [0.2, 0.25) is 0 Å². The molecule has 6 aromatic rings. The number of phenolic OH excluding ortho intramolecular Hbond substituents is 2. The van der Waals surface area contributed by atoms with Crippen molar-refractivity contribution < 1.29 is 41.7 Å². The Kier molecular flexibility index (Phi) is 13.0. The summed E-state index contributed by atoms with van der Waals surface area (Å²) in [6.45, 7) is 3.81. The summed E-state index contributed by atoms with van der Waals surface area (Å²) in [6, 6.07) is 24.7. The van der Waals surface area contributed by atoms with Crippen LogP contribution in [0, 0.1) is 26.4 Å². The molecule has 0 bridgehead atoms. The van der Waals surface area contributed by atoms with Gasteiger partial charge >= 0.3 is 29.1 Å². The number of aryl methyl sites for hydroxylation is 2. The highest BCUT2D eigenvalue weighted by atomic mass is 32.1. The van der Waals surface area contributed by atoms with Gasteiger partial charge in [-0.15, -0.1) is 10.2 Å². The Balaban J connectivity index is 0.00000102. The van der Waals surface area contributed by atoms with Crippen molar-refractivity contribution in [2.24, 2.45) is 20.5 Å². The number of fused-ring (bicyclic) bond motifs is 2. The number of phenols is 2. The van der Waals surface area contributed by atoms with E-state index in [-0.39, 0.29) is 39.6 Å². The van der Waals surface area contributed by atoms with Crippen LogP contribution in [0.15, 0.2) is 105 Å². The highest BCUT2D eigenvalue weighted by Crippen LogP contribution is 2.44. The van der Waals surface area contributed by atoms with E-state index in [0.29, 0.717) is 33.5 Å². The van der Waals surface area contributed by atoms with Crippen molar-refractivity contribution in [3.8, 4) is 40.9 Å². The lowest BCUT2D eigenvalue weighted by Gasteiger charge is -2.12. The van der Waals surface area contributed by atoms with Gasteiger partial charge in [0.1, 0.15) is 23.2 Å². The van der Waals surface area contributed by atoms with E-state index in [9.17, 15) is 20.1 Å². The molecule has 0 aliphatic heterocycles. The lowest BCUT2D eigenvalue weighted by molar-refractivity contribution is 0.0698. The molecule has 0 saturated heterocycles. The topological polar surface area (TPSA) is 257 Å². The molecular weight excluding hydrogens is 737 g/mol. The summed E-state index contributed by atoms with van der Waals surface area (Å²) < 4.78 is 38.3. The number of hydrogen-bond acceptors (Lipinski definition) is 14. The van der Waals surface area contributed by atoms with Crippen LogP contribution in [0.4, 0.5) is 34.1 Å². The Morgan fingerprint density at radius 1 is 0.704 bits per heavy atom. The van der Waals surface area contributed by atoms with Crippen LogP contribution < -0.4 is 16.2 Å². The number of carbonyl (C=O) groups is 1. The van der Waals surface area contributed by atoms with Gasteiger partial charge in [-0.05, 0) is 96.1 Å². The molecule has 0 unspecified atom stereocenters. The second-order valence-electron chi connectivity index (χ2n) is 11.1. The molecule has 0 radical (unpaired) electrons. The fourth-order valence-corrected chi connectivity index (χ4v) is 5.45. The fraction of sp³-hybridized carbons (Fsp3) is 0.0541. The smallest absolute Gasteiger partial charge is 0.337 e. The van der Waals surface area contributed by atoms with Gasteiger partial charge in [-0.25, -0.2) is 4.79 Å². The molecule has 0 spiro atoms. The second kappa shape index (κ2) is 17.8. The molecular formula is C37H28N6O9S2. The number of nitrogens with two attached hydrogens (primary N) is 2. The number of nitrogen functional groups attached to an aromatic ring is 2. The highest BCUT2D eigenvalue weighted by molar-refractivity contribution is 7.51. The predicted octanol–water partition coefficient (Wildman–Crippen LogP) is 8.01. The van der Waals surface area contributed by atoms with Crippen molar-refractivity contribution in [1.29, 1.82) is 0 Å². The summed E-state index contributed by atoms with van der Waals surface area (Å²) in [6.07, 6.45) is 7.27. The van der Waals surface area contributed by atoms with E-state index < -0.39 is 29.1 Å². The van der Waals surface area contributed by atoms with Crippen LogP contribution in [0.5, 0.6) is 17.2 Å². The highest BCUT2D eigenvalue weighted by Gasteiger charge is 2.20. The number of anilines is 2. The third kappa shape index (κ3) is 8.59. The zero-order valence-corrected chi connectivity index (χ0v) is 29.8. The number of benzene rings is 6. The van der Waals surface area contributed by atoms with E-state index in [4.69, 9.17) is 39.5 Å². The number of aromatic carboxylic acids is 1. The van der Waals surface area contributed by atoms with Crippen molar-refractivity contribution in [2.75, 3.05) is 11.5 Å². The number of nitrogens with zero attached hydrogens (tertiary/aromatic N) is 4. The first kappa shape index (κ1) is 39.5. The SMILES string of the molecule is C#COc1cc(C(=O)O)c(N)c2c(O)c(N=Nc3ccc(-c4ccc(N=Nc5ccc6cccc(N)c6c5O)c(C)c4)cc3C)ccc12.O=S=O.O=S=O. The lowest BCUT2D eigenvalue weighted by atomic mass is 10.00. The van der Waals surface area contributed by atoms with Crippen molar-refractivity contribution >= 4 is 84.8 Å². The first-order valence-electron chi connectivity index (χ1n) is 15.2. The van der Waals surface area contributed by atoms with Gasteiger partial charge in [0.25, 0.3) is 0 Å².